The van der Waals surface area contributed by atoms with Gasteiger partial charge in [0.2, 0.25) is 0 Å². The van der Waals surface area contributed by atoms with Gasteiger partial charge in [-0.2, -0.15) is 0 Å². The molecule has 0 aliphatic rings. The van der Waals surface area contributed by atoms with Crippen LogP contribution in [0.3, 0.4) is 0 Å². The minimum absolute atomic E-state index is 0.326. The van der Waals surface area contributed by atoms with Gasteiger partial charge in [-0.25, -0.2) is 0 Å². The quantitative estimate of drug-likeness (QED) is 0.582. The van der Waals surface area contributed by atoms with Gasteiger partial charge in [0, 0.05) is 5.33 Å². The van der Waals surface area contributed by atoms with E-state index in [1.54, 1.807) is 0 Å². The number of benzene rings is 1. The Morgan fingerprint density at radius 1 is 1.54 bits per heavy atom. The highest BCUT2D eigenvalue weighted by molar-refractivity contribution is 9.08. The third-order valence-electron chi connectivity index (χ3n) is 1.78. The van der Waals surface area contributed by atoms with Crippen LogP contribution in [0.15, 0.2) is 18.2 Å². The van der Waals surface area contributed by atoms with Crippen LogP contribution in [0, 0.1) is 19.3 Å². The summed E-state index contributed by atoms with van der Waals surface area (Å²) in [5, 5.41) is 0.869. The maximum absolute atomic E-state index is 5.28. The molecule has 0 N–H and O–H groups in total. The summed E-state index contributed by atoms with van der Waals surface area (Å²) in [6.07, 6.45) is 5.09. The van der Waals surface area contributed by atoms with Gasteiger partial charge in [-0.05, 0) is 30.2 Å². The first kappa shape index (κ1) is 10.1. The van der Waals surface area contributed by atoms with Crippen LogP contribution in [0.2, 0.25) is 0 Å². The van der Waals surface area contributed by atoms with E-state index in [0.717, 1.165) is 11.1 Å². The fourth-order valence-corrected chi connectivity index (χ4v) is 1.66. The molecule has 13 heavy (non-hydrogen) atoms. The van der Waals surface area contributed by atoms with Crippen LogP contribution in [0.1, 0.15) is 11.1 Å². The number of aryl methyl sites for hydroxylation is 1. The van der Waals surface area contributed by atoms with Gasteiger partial charge in [-0.3, -0.25) is 0 Å². The third-order valence-corrected chi connectivity index (χ3v) is 2.38. The Kier molecular flexibility index (Phi) is 3.85. The molecular weight excluding hydrogens is 228 g/mol. The smallest absolute Gasteiger partial charge is 0.148 e. The molecule has 0 spiro atoms. The van der Waals surface area contributed by atoms with Crippen molar-refractivity contribution in [3.05, 3.63) is 29.3 Å². The fourth-order valence-electron chi connectivity index (χ4n) is 1.03. The standard InChI is InChI=1S/C11H11BrO/c1-3-6-13-11-5-4-10(8-12)9(2)7-11/h1,4-5,7H,6,8H2,2H3. The van der Waals surface area contributed by atoms with Crippen LogP contribution >= 0.6 is 15.9 Å². The topological polar surface area (TPSA) is 9.23 Å². The van der Waals surface area contributed by atoms with Gasteiger partial charge >= 0.3 is 0 Å². The Morgan fingerprint density at radius 3 is 2.85 bits per heavy atom. The second-order valence-electron chi connectivity index (χ2n) is 2.71. The van der Waals surface area contributed by atoms with Crippen LogP contribution in [-0.4, -0.2) is 6.61 Å². The van der Waals surface area contributed by atoms with Crippen molar-refractivity contribution in [3.8, 4) is 18.1 Å². The van der Waals surface area contributed by atoms with Crippen molar-refractivity contribution in [1.29, 1.82) is 0 Å². The molecule has 0 saturated heterocycles. The van der Waals surface area contributed by atoms with E-state index in [2.05, 4.69) is 28.8 Å². The summed E-state index contributed by atoms with van der Waals surface area (Å²) in [7, 11) is 0. The zero-order chi connectivity index (χ0) is 9.68. The highest BCUT2D eigenvalue weighted by atomic mass is 79.9. The lowest BCUT2D eigenvalue weighted by molar-refractivity contribution is 0.370. The zero-order valence-electron chi connectivity index (χ0n) is 7.51. The summed E-state index contributed by atoms with van der Waals surface area (Å²) in [6, 6.07) is 5.96. The second-order valence-corrected chi connectivity index (χ2v) is 3.28. The summed E-state index contributed by atoms with van der Waals surface area (Å²) in [6.45, 7) is 2.38. The lowest BCUT2D eigenvalue weighted by Gasteiger charge is -2.06. The molecular formula is C11H11BrO. The van der Waals surface area contributed by atoms with Crippen LogP contribution in [-0.2, 0) is 5.33 Å². The van der Waals surface area contributed by atoms with Crippen LogP contribution in [0.4, 0.5) is 0 Å². The van der Waals surface area contributed by atoms with E-state index in [0.29, 0.717) is 6.61 Å². The molecule has 0 atom stereocenters. The Morgan fingerprint density at radius 2 is 2.31 bits per heavy atom. The predicted molar refractivity (Wildman–Crippen MR) is 58.1 cm³/mol. The average Bonchev–Trinajstić information content (AvgIpc) is 2.15. The molecule has 0 saturated carbocycles. The Balaban J connectivity index is 2.78. The summed E-state index contributed by atoms with van der Waals surface area (Å²) >= 11 is 3.41. The molecule has 0 aromatic heterocycles. The number of alkyl halides is 1. The highest BCUT2D eigenvalue weighted by Crippen LogP contribution is 2.18. The fraction of sp³-hybridized carbons (Fsp3) is 0.273. The van der Waals surface area contributed by atoms with Gasteiger partial charge in [0.05, 0.1) is 0 Å². The van der Waals surface area contributed by atoms with E-state index >= 15 is 0 Å². The normalized spacial score (nSPS) is 9.31. The van der Waals surface area contributed by atoms with Crippen LogP contribution in [0.5, 0.6) is 5.75 Å². The Labute approximate surface area is 87.2 Å². The van der Waals surface area contributed by atoms with Gasteiger partial charge in [0.1, 0.15) is 12.4 Å². The molecule has 2 heteroatoms. The molecule has 1 rings (SSSR count). The molecule has 0 heterocycles. The first-order valence-corrected chi connectivity index (χ1v) is 5.12. The predicted octanol–water partition coefficient (Wildman–Crippen LogP) is 2.90. The van der Waals surface area contributed by atoms with Gasteiger partial charge in [0.25, 0.3) is 0 Å². The Hall–Kier alpha value is -0.940. The van der Waals surface area contributed by atoms with E-state index in [9.17, 15) is 0 Å². The number of terminal acetylenes is 1. The van der Waals surface area contributed by atoms with Gasteiger partial charge in [0.15, 0.2) is 0 Å². The van der Waals surface area contributed by atoms with Crippen molar-refractivity contribution >= 4 is 15.9 Å². The third kappa shape index (κ3) is 2.78. The average molecular weight is 239 g/mol. The molecule has 0 radical (unpaired) electrons. The lowest BCUT2D eigenvalue weighted by Crippen LogP contribution is -1.94. The molecule has 0 aliphatic carbocycles. The molecule has 68 valence electrons. The maximum Gasteiger partial charge on any atom is 0.148 e. The lowest BCUT2D eigenvalue weighted by atomic mass is 10.1. The minimum Gasteiger partial charge on any atom is -0.481 e. The van der Waals surface area contributed by atoms with Crippen molar-refractivity contribution in [3.63, 3.8) is 0 Å². The number of hydrogen-bond acceptors (Lipinski definition) is 1. The maximum atomic E-state index is 5.28. The first-order chi connectivity index (χ1) is 6.27. The largest absolute Gasteiger partial charge is 0.481 e. The molecule has 0 unspecified atom stereocenters. The SMILES string of the molecule is C#CCOc1ccc(CBr)c(C)c1. The molecule has 0 fully saturated rings. The van der Waals surface area contributed by atoms with E-state index in [1.807, 2.05) is 18.2 Å². The first-order valence-electron chi connectivity index (χ1n) is 3.99. The van der Waals surface area contributed by atoms with Gasteiger partial charge in [-0.1, -0.05) is 27.9 Å². The summed E-state index contributed by atoms with van der Waals surface area (Å²) in [5.74, 6) is 3.27. The monoisotopic (exact) mass is 238 g/mol. The van der Waals surface area contributed by atoms with E-state index in [4.69, 9.17) is 11.2 Å². The zero-order valence-corrected chi connectivity index (χ0v) is 9.10. The molecule has 0 bridgehead atoms. The number of rotatable bonds is 3. The molecule has 0 amide bonds. The highest BCUT2D eigenvalue weighted by Gasteiger charge is 1.98. The summed E-state index contributed by atoms with van der Waals surface area (Å²) in [4.78, 5) is 0. The molecule has 0 aliphatic heterocycles. The molecule has 1 aromatic rings. The molecule has 1 nitrogen and oxygen atoms in total. The van der Waals surface area contributed by atoms with Crippen molar-refractivity contribution in [2.75, 3.05) is 6.61 Å². The summed E-state index contributed by atoms with van der Waals surface area (Å²) in [5.41, 5.74) is 2.49. The van der Waals surface area contributed by atoms with Crippen LogP contribution in [0.25, 0.3) is 0 Å². The van der Waals surface area contributed by atoms with Gasteiger partial charge < -0.3 is 4.74 Å². The van der Waals surface area contributed by atoms with Gasteiger partial charge in [-0.15, -0.1) is 6.42 Å². The molecule has 1 aromatic carbocycles. The summed E-state index contributed by atoms with van der Waals surface area (Å²) < 4.78 is 5.28. The van der Waals surface area contributed by atoms with E-state index < -0.39 is 0 Å². The van der Waals surface area contributed by atoms with Crippen molar-refractivity contribution < 1.29 is 4.74 Å². The Bertz CT molecular complexity index is 325. The number of ether oxygens (including phenoxy) is 1. The second kappa shape index (κ2) is 4.94. The van der Waals surface area contributed by atoms with E-state index in [-0.39, 0.29) is 0 Å². The number of halogens is 1. The van der Waals surface area contributed by atoms with E-state index in [1.165, 1.54) is 11.1 Å². The minimum atomic E-state index is 0.326. The van der Waals surface area contributed by atoms with Crippen molar-refractivity contribution in [2.24, 2.45) is 0 Å². The number of hydrogen-bond donors (Lipinski definition) is 0. The van der Waals surface area contributed by atoms with Crippen molar-refractivity contribution in [2.45, 2.75) is 12.3 Å². The van der Waals surface area contributed by atoms with Crippen molar-refractivity contribution in [1.82, 2.24) is 0 Å². The van der Waals surface area contributed by atoms with Crippen LogP contribution < -0.4 is 4.74 Å².